The highest BCUT2D eigenvalue weighted by atomic mass is 32.1. The summed E-state index contributed by atoms with van der Waals surface area (Å²) in [6.07, 6.45) is 14.8. The van der Waals surface area contributed by atoms with Gasteiger partial charge in [0.1, 0.15) is 0 Å². The lowest BCUT2D eigenvalue weighted by Gasteiger charge is -2.54. The molecule has 59 heavy (non-hydrogen) atoms. The second-order valence-electron chi connectivity index (χ2n) is 21.2. The number of hydrogen-bond acceptors (Lipinski definition) is 3. The highest BCUT2D eigenvalue weighted by Gasteiger charge is 2.50. The first kappa shape index (κ1) is 48.9. The van der Waals surface area contributed by atoms with E-state index in [0.29, 0.717) is 23.9 Å². The van der Waals surface area contributed by atoms with Gasteiger partial charge < -0.3 is 9.47 Å². The molecule has 3 atom stereocenters. The number of unbranched alkanes of at least 4 members (excludes halogenated alkanes) is 1. The van der Waals surface area contributed by atoms with E-state index in [9.17, 15) is 0 Å². The zero-order valence-corrected chi connectivity index (χ0v) is 40.7. The van der Waals surface area contributed by atoms with Gasteiger partial charge in [0.2, 0.25) is 0 Å². The van der Waals surface area contributed by atoms with Crippen molar-refractivity contribution >= 4 is 18.2 Å². The lowest BCUT2D eigenvalue weighted by atomic mass is 9.53. The van der Waals surface area contributed by atoms with Crippen molar-refractivity contribution in [2.75, 3.05) is 13.2 Å². The standard InChI is InChI=1S/C56H84O2S/c1-14-21-49(39-44-28-32-46(33-29-44)45-23-16-15-17-24-45)47-30-26-43(27-31-47)22-20-37-58-52(48-34-35-48)50(53(5,6)7)40-54(8,9)55(10,11)51(56(12,13)59)25-18-19-36-57-42(4)38-41(2)3/h15-17,21,23-24,26-33,41-42,50-51,59H,14,18-20,22,25,34-40H2,1-13H3/b49-21-. The number of hydrogen-bond donors (Lipinski definition) is 1. The molecule has 1 saturated carbocycles. The fourth-order valence-corrected chi connectivity index (χ4v) is 9.86. The van der Waals surface area contributed by atoms with Gasteiger partial charge in [-0.1, -0.05) is 174 Å². The normalized spacial score (nSPS) is 15.6. The molecule has 0 radical (unpaired) electrons. The van der Waals surface area contributed by atoms with Crippen LogP contribution < -0.4 is 0 Å². The van der Waals surface area contributed by atoms with Crippen molar-refractivity contribution in [3.8, 4) is 11.1 Å². The zero-order chi connectivity index (χ0) is 43.4. The predicted octanol–water partition coefficient (Wildman–Crippen LogP) is 16.4. The third kappa shape index (κ3) is 15.0. The molecule has 0 bridgehead atoms. The van der Waals surface area contributed by atoms with Crippen LogP contribution in [0.25, 0.3) is 16.7 Å². The first-order valence-corrected chi connectivity index (χ1v) is 23.8. The number of benzene rings is 3. The average Bonchev–Trinajstić information content (AvgIpc) is 4.01. The number of allylic oxidation sites excluding steroid dienone is 4. The lowest BCUT2D eigenvalue weighted by Crippen LogP contribution is -2.48. The van der Waals surface area contributed by atoms with Crippen LogP contribution in [-0.4, -0.2) is 24.1 Å². The van der Waals surface area contributed by atoms with E-state index in [1.54, 1.807) is 5.57 Å². The molecule has 3 aromatic carbocycles. The molecule has 4 rings (SSSR count). The number of ether oxygens (including phenoxy) is 2. The minimum Gasteiger partial charge on any atom is -0.498 e. The zero-order valence-electron chi connectivity index (χ0n) is 39.8. The maximum atomic E-state index is 6.94. The summed E-state index contributed by atoms with van der Waals surface area (Å²) in [7, 11) is 0. The molecule has 0 spiro atoms. The number of rotatable bonds is 24. The molecule has 2 nitrogen and oxygen atoms in total. The third-order valence-electron chi connectivity index (χ3n) is 13.6. The quantitative estimate of drug-likeness (QED) is 0.0551. The highest BCUT2D eigenvalue weighted by Crippen LogP contribution is 2.57. The Morgan fingerprint density at radius 1 is 0.729 bits per heavy atom. The Morgan fingerprint density at radius 2 is 1.34 bits per heavy atom. The summed E-state index contributed by atoms with van der Waals surface area (Å²) in [6.45, 7) is 32.7. The van der Waals surface area contributed by atoms with E-state index in [1.165, 1.54) is 64.8 Å². The van der Waals surface area contributed by atoms with Crippen molar-refractivity contribution in [3.63, 3.8) is 0 Å². The molecule has 0 aliphatic heterocycles. The van der Waals surface area contributed by atoms with Crippen LogP contribution in [0.4, 0.5) is 0 Å². The van der Waals surface area contributed by atoms with Crippen LogP contribution in [0.3, 0.4) is 0 Å². The van der Waals surface area contributed by atoms with Gasteiger partial charge in [0, 0.05) is 17.3 Å². The molecule has 1 aliphatic carbocycles. The van der Waals surface area contributed by atoms with Crippen LogP contribution in [0.15, 0.2) is 96.3 Å². The first-order chi connectivity index (χ1) is 27.7. The van der Waals surface area contributed by atoms with Crippen molar-refractivity contribution < 1.29 is 9.47 Å². The molecular weight excluding hydrogens is 737 g/mol. The fraction of sp³-hybridized carbons (Fsp3) is 0.607. The smallest absolute Gasteiger partial charge is 0.0988 e. The molecule has 0 amide bonds. The van der Waals surface area contributed by atoms with Gasteiger partial charge in [0.15, 0.2) is 0 Å². The van der Waals surface area contributed by atoms with E-state index in [0.717, 1.165) is 58.2 Å². The van der Waals surface area contributed by atoms with Gasteiger partial charge in [-0.15, -0.1) is 0 Å². The van der Waals surface area contributed by atoms with Gasteiger partial charge >= 0.3 is 0 Å². The Labute approximate surface area is 368 Å². The second-order valence-corrected chi connectivity index (χ2v) is 22.4. The minimum atomic E-state index is -0.0841. The Hall–Kier alpha value is -2.75. The van der Waals surface area contributed by atoms with Crippen LogP contribution in [0.2, 0.25) is 0 Å². The van der Waals surface area contributed by atoms with Crippen molar-refractivity contribution in [1.82, 2.24) is 0 Å². The molecular formula is C56H84O2S. The van der Waals surface area contributed by atoms with Crippen LogP contribution >= 0.6 is 12.6 Å². The molecule has 0 N–H and O–H groups in total. The second kappa shape index (κ2) is 21.9. The summed E-state index contributed by atoms with van der Waals surface area (Å²) in [5.41, 5.74) is 9.76. The van der Waals surface area contributed by atoms with Crippen LogP contribution in [-0.2, 0) is 22.3 Å². The van der Waals surface area contributed by atoms with Crippen molar-refractivity contribution in [1.29, 1.82) is 0 Å². The van der Waals surface area contributed by atoms with Gasteiger partial charge in [-0.3, -0.25) is 0 Å². The topological polar surface area (TPSA) is 18.5 Å². The van der Waals surface area contributed by atoms with E-state index < -0.39 is 0 Å². The summed E-state index contributed by atoms with van der Waals surface area (Å²) in [4.78, 5) is 0. The lowest BCUT2D eigenvalue weighted by molar-refractivity contribution is -0.0199. The number of aryl methyl sites for hydroxylation is 1. The molecule has 1 fully saturated rings. The van der Waals surface area contributed by atoms with Crippen molar-refractivity contribution in [2.24, 2.45) is 34.0 Å². The Kier molecular flexibility index (Phi) is 18.1. The SMILES string of the molecule is CC/C=C(/Cc1ccc(-c2ccccc2)cc1)c1ccc(CCCOC(=C2CC2)C(CC(C)(C)C(C)(C)C(CCCCOC(C)CC(C)C)C(C)(C)S)C(C)(C)C)cc1. The van der Waals surface area contributed by atoms with Gasteiger partial charge in [0.05, 0.1) is 18.5 Å². The summed E-state index contributed by atoms with van der Waals surface area (Å²) in [5, 5.41) is 0. The number of thiol groups is 1. The fourth-order valence-electron chi connectivity index (χ4n) is 9.41. The van der Waals surface area contributed by atoms with Gasteiger partial charge in [-0.05, 0) is 138 Å². The summed E-state index contributed by atoms with van der Waals surface area (Å²) in [6, 6.07) is 29.0. The maximum Gasteiger partial charge on any atom is 0.0988 e. The predicted molar refractivity (Wildman–Crippen MR) is 261 cm³/mol. The molecule has 0 aromatic heterocycles. The highest BCUT2D eigenvalue weighted by molar-refractivity contribution is 7.81. The molecule has 326 valence electrons. The van der Waals surface area contributed by atoms with Crippen LogP contribution in [0, 0.1) is 34.0 Å². The first-order valence-electron chi connectivity index (χ1n) is 23.3. The Balaban J connectivity index is 1.36. The maximum absolute atomic E-state index is 6.94. The van der Waals surface area contributed by atoms with E-state index in [2.05, 4.69) is 175 Å². The largest absolute Gasteiger partial charge is 0.498 e. The Morgan fingerprint density at radius 3 is 1.90 bits per heavy atom. The molecule has 0 heterocycles. The minimum absolute atomic E-state index is 0.0677. The van der Waals surface area contributed by atoms with E-state index >= 15 is 0 Å². The van der Waals surface area contributed by atoms with Crippen molar-refractivity contribution in [3.05, 3.63) is 113 Å². The Bertz CT molecular complexity index is 1740. The summed E-state index contributed by atoms with van der Waals surface area (Å²) in [5.74, 6) is 2.81. The molecule has 0 saturated heterocycles. The van der Waals surface area contributed by atoms with E-state index in [1.807, 2.05) is 0 Å². The average molecular weight is 821 g/mol. The molecule has 1 aliphatic rings. The van der Waals surface area contributed by atoms with E-state index in [4.69, 9.17) is 22.1 Å². The van der Waals surface area contributed by atoms with Gasteiger partial charge in [-0.2, -0.15) is 12.6 Å². The summed E-state index contributed by atoms with van der Waals surface area (Å²) >= 11 is 5.28. The van der Waals surface area contributed by atoms with Crippen molar-refractivity contribution in [2.45, 2.75) is 171 Å². The van der Waals surface area contributed by atoms with Gasteiger partial charge in [0.25, 0.3) is 0 Å². The molecule has 3 heteroatoms. The molecule has 3 unspecified atom stereocenters. The van der Waals surface area contributed by atoms with Gasteiger partial charge in [-0.25, -0.2) is 0 Å². The monoisotopic (exact) mass is 821 g/mol. The van der Waals surface area contributed by atoms with E-state index in [-0.39, 0.29) is 21.0 Å². The van der Waals surface area contributed by atoms with Crippen LogP contribution in [0.1, 0.15) is 164 Å². The summed E-state index contributed by atoms with van der Waals surface area (Å²) < 4.78 is 13.0. The molecule has 3 aromatic rings. The van der Waals surface area contributed by atoms with Crippen LogP contribution in [0.5, 0.6) is 0 Å². The third-order valence-corrected chi connectivity index (χ3v) is 13.9.